The summed E-state index contributed by atoms with van der Waals surface area (Å²) < 4.78 is 0.921. The lowest BCUT2D eigenvalue weighted by atomic mass is 10.0. The normalized spacial score (nSPS) is 12.8. The number of carbonyl (C=O) groups excluding carboxylic acids is 1. The van der Waals surface area contributed by atoms with Crippen LogP contribution in [-0.4, -0.2) is 29.3 Å². The molecule has 118 valence electrons. The average Bonchev–Trinajstić information content (AvgIpc) is 2.54. The fourth-order valence-corrected chi connectivity index (χ4v) is 3.56. The van der Waals surface area contributed by atoms with Crippen LogP contribution in [-0.2, 0) is 6.54 Å². The summed E-state index contributed by atoms with van der Waals surface area (Å²) in [5.41, 5.74) is 2.65. The lowest BCUT2D eigenvalue weighted by Crippen LogP contribution is -2.31. The van der Waals surface area contributed by atoms with Crippen LogP contribution in [0.25, 0.3) is 10.9 Å². The lowest BCUT2D eigenvalue weighted by molar-refractivity contribution is 0.112. The summed E-state index contributed by atoms with van der Waals surface area (Å²) >= 11 is 3.54. The van der Waals surface area contributed by atoms with Crippen LogP contribution in [0.1, 0.15) is 49.0 Å². The van der Waals surface area contributed by atoms with Crippen LogP contribution < -0.4 is 0 Å². The van der Waals surface area contributed by atoms with Gasteiger partial charge in [-0.25, -0.2) is 0 Å². The predicted molar refractivity (Wildman–Crippen MR) is 95.3 cm³/mol. The van der Waals surface area contributed by atoms with Crippen LogP contribution in [0.2, 0.25) is 0 Å². The van der Waals surface area contributed by atoms with Crippen molar-refractivity contribution in [2.45, 2.75) is 45.7 Å². The number of aldehydes is 1. The third-order valence-electron chi connectivity index (χ3n) is 4.23. The Balaban J connectivity index is 2.45. The number of nitrogens with zero attached hydrogens (tertiary/aromatic N) is 2. The molecule has 0 radical (unpaired) electrons. The lowest BCUT2D eigenvalue weighted by Gasteiger charge is -2.27. The fraction of sp³-hybridized carbons (Fsp3) is 0.444. The first kappa shape index (κ1) is 17.1. The van der Waals surface area contributed by atoms with Gasteiger partial charge in [-0.3, -0.25) is 14.7 Å². The predicted octanol–water partition coefficient (Wildman–Crippen LogP) is 4.82. The monoisotopic (exact) mass is 362 g/mol. The maximum absolute atomic E-state index is 11.5. The summed E-state index contributed by atoms with van der Waals surface area (Å²) in [6.45, 7) is 5.17. The zero-order chi connectivity index (χ0) is 16.1. The minimum atomic E-state index is 0.534. The maximum Gasteiger partial charge on any atom is 0.150 e. The topological polar surface area (TPSA) is 33.2 Å². The minimum absolute atomic E-state index is 0.534. The van der Waals surface area contributed by atoms with Crippen molar-refractivity contribution in [3.05, 3.63) is 40.0 Å². The van der Waals surface area contributed by atoms with Crippen molar-refractivity contribution in [3.63, 3.8) is 0 Å². The van der Waals surface area contributed by atoms with Crippen LogP contribution in [0.5, 0.6) is 0 Å². The van der Waals surface area contributed by atoms with Gasteiger partial charge in [0, 0.05) is 39.8 Å². The third kappa shape index (κ3) is 3.55. The van der Waals surface area contributed by atoms with Crippen molar-refractivity contribution < 1.29 is 4.79 Å². The Kier molecular flexibility index (Phi) is 6.09. The molecule has 0 saturated heterocycles. The summed E-state index contributed by atoms with van der Waals surface area (Å²) in [6.07, 6.45) is 6.18. The minimum Gasteiger partial charge on any atom is -0.299 e. The van der Waals surface area contributed by atoms with Crippen LogP contribution >= 0.6 is 15.9 Å². The van der Waals surface area contributed by atoms with Gasteiger partial charge in [-0.1, -0.05) is 42.3 Å². The molecule has 0 spiro atoms. The van der Waals surface area contributed by atoms with Gasteiger partial charge in [-0.15, -0.1) is 0 Å². The number of carbonyl (C=O) groups is 1. The number of fused-ring (bicyclic) bond motifs is 1. The molecule has 1 heterocycles. The van der Waals surface area contributed by atoms with Gasteiger partial charge in [0.2, 0.25) is 0 Å². The van der Waals surface area contributed by atoms with E-state index in [9.17, 15) is 4.79 Å². The summed E-state index contributed by atoms with van der Waals surface area (Å²) in [6, 6.07) is 6.40. The van der Waals surface area contributed by atoms with Crippen molar-refractivity contribution in [2.75, 3.05) is 7.05 Å². The number of hydrogen-bond acceptors (Lipinski definition) is 3. The highest BCUT2D eigenvalue weighted by Crippen LogP contribution is 2.29. The number of benzene rings is 1. The first-order valence-corrected chi connectivity index (χ1v) is 8.63. The third-order valence-corrected chi connectivity index (χ3v) is 4.89. The molecular formula is C18H23BrN2O. The second kappa shape index (κ2) is 7.84. The quantitative estimate of drug-likeness (QED) is 0.662. The summed E-state index contributed by atoms with van der Waals surface area (Å²) in [4.78, 5) is 18.4. The van der Waals surface area contributed by atoms with E-state index in [1.165, 1.54) is 12.8 Å². The van der Waals surface area contributed by atoms with Gasteiger partial charge in [0.15, 0.2) is 0 Å². The zero-order valence-corrected chi connectivity index (χ0v) is 15.1. The second-order valence-electron chi connectivity index (χ2n) is 5.71. The summed E-state index contributed by atoms with van der Waals surface area (Å²) in [5, 5.41) is 1.06. The van der Waals surface area contributed by atoms with Gasteiger partial charge in [-0.2, -0.15) is 0 Å². The molecule has 2 rings (SSSR count). The smallest absolute Gasteiger partial charge is 0.150 e. The van der Waals surface area contributed by atoms with Crippen molar-refractivity contribution in [2.24, 2.45) is 0 Å². The number of halogens is 1. The molecular weight excluding hydrogens is 340 g/mol. The van der Waals surface area contributed by atoms with Gasteiger partial charge in [0.25, 0.3) is 0 Å². The van der Waals surface area contributed by atoms with E-state index < -0.39 is 0 Å². The van der Waals surface area contributed by atoms with Crippen molar-refractivity contribution in [1.29, 1.82) is 0 Å². The number of pyridine rings is 1. The Bertz CT molecular complexity index is 657. The molecule has 0 fully saturated rings. The van der Waals surface area contributed by atoms with E-state index in [4.69, 9.17) is 0 Å². The Morgan fingerprint density at radius 1 is 1.41 bits per heavy atom. The largest absolute Gasteiger partial charge is 0.299 e. The van der Waals surface area contributed by atoms with E-state index in [0.29, 0.717) is 6.04 Å². The molecule has 22 heavy (non-hydrogen) atoms. The van der Waals surface area contributed by atoms with E-state index in [2.05, 4.69) is 46.7 Å². The van der Waals surface area contributed by atoms with Crippen molar-refractivity contribution in [1.82, 2.24) is 9.88 Å². The number of hydrogen-bond donors (Lipinski definition) is 0. The summed E-state index contributed by atoms with van der Waals surface area (Å²) in [5.74, 6) is 0. The molecule has 4 heteroatoms. The van der Waals surface area contributed by atoms with Crippen LogP contribution in [0.3, 0.4) is 0 Å². The molecule has 0 aliphatic carbocycles. The van der Waals surface area contributed by atoms with Gasteiger partial charge in [0.1, 0.15) is 6.29 Å². The van der Waals surface area contributed by atoms with E-state index in [0.717, 1.165) is 45.8 Å². The number of aromatic nitrogens is 1. The summed E-state index contributed by atoms with van der Waals surface area (Å²) in [7, 11) is 2.13. The zero-order valence-electron chi connectivity index (χ0n) is 13.5. The van der Waals surface area contributed by atoms with Gasteiger partial charge in [-0.05, 0) is 32.0 Å². The van der Waals surface area contributed by atoms with Crippen LogP contribution in [0.4, 0.5) is 0 Å². The van der Waals surface area contributed by atoms with Crippen LogP contribution in [0.15, 0.2) is 28.9 Å². The van der Waals surface area contributed by atoms with E-state index in [1.54, 1.807) is 6.20 Å². The Hall–Kier alpha value is -1.26. The molecule has 1 atom stereocenters. The van der Waals surface area contributed by atoms with E-state index in [1.807, 2.05) is 18.2 Å². The SMILES string of the molecule is CCCC(CC)N(C)Cc1c(C=O)cc(Br)c2cccnc12. The Morgan fingerprint density at radius 2 is 2.18 bits per heavy atom. The van der Waals surface area contributed by atoms with Crippen molar-refractivity contribution in [3.8, 4) is 0 Å². The highest BCUT2D eigenvalue weighted by atomic mass is 79.9. The van der Waals surface area contributed by atoms with Crippen LogP contribution in [0, 0.1) is 0 Å². The van der Waals surface area contributed by atoms with Gasteiger partial charge >= 0.3 is 0 Å². The Labute approximate surface area is 140 Å². The molecule has 0 N–H and O–H groups in total. The van der Waals surface area contributed by atoms with Gasteiger partial charge in [0.05, 0.1) is 5.52 Å². The maximum atomic E-state index is 11.5. The molecule has 1 aromatic heterocycles. The first-order chi connectivity index (χ1) is 10.6. The molecule has 1 unspecified atom stereocenters. The molecule has 0 aliphatic heterocycles. The second-order valence-corrected chi connectivity index (χ2v) is 6.56. The standard InChI is InChI=1S/C18H23BrN2O/c1-4-7-14(5-2)21(3)11-16-13(12-22)10-17(19)15-8-6-9-20-18(15)16/h6,8-10,12,14H,4-5,7,11H2,1-3H3. The molecule has 0 amide bonds. The highest BCUT2D eigenvalue weighted by Gasteiger charge is 2.17. The Morgan fingerprint density at radius 3 is 2.82 bits per heavy atom. The van der Waals surface area contributed by atoms with Crippen molar-refractivity contribution >= 4 is 33.1 Å². The fourth-order valence-electron chi connectivity index (χ4n) is 3.00. The molecule has 3 nitrogen and oxygen atoms in total. The number of rotatable bonds is 7. The molecule has 0 bridgehead atoms. The molecule has 2 aromatic rings. The highest BCUT2D eigenvalue weighted by molar-refractivity contribution is 9.10. The van der Waals surface area contributed by atoms with E-state index >= 15 is 0 Å². The first-order valence-electron chi connectivity index (χ1n) is 7.83. The molecule has 1 aromatic carbocycles. The molecule has 0 aliphatic rings. The average molecular weight is 363 g/mol. The van der Waals surface area contributed by atoms with Gasteiger partial charge < -0.3 is 0 Å². The van der Waals surface area contributed by atoms with E-state index in [-0.39, 0.29) is 0 Å². The molecule has 0 saturated carbocycles.